The first kappa shape index (κ1) is 45.0. The van der Waals surface area contributed by atoms with E-state index in [0.717, 1.165) is 0 Å². The van der Waals surface area contributed by atoms with Gasteiger partial charge in [-0.2, -0.15) is 13.2 Å². The van der Waals surface area contributed by atoms with Crippen LogP contribution in [0.5, 0.6) is 0 Å². The van der Waals surface area contributed by atoms with Crippen molar-refractivity contribution in [2.24, 2.45) is 0 Å². The molecule has 0 spiro atoms. The SMILES string of the molecule is FC(CCCCCCCC(F)(F)F)C(F)(F)[I+](F)(F)(F)(F)C1(F)C(F)(F)C(F)(F)C(F)(F)C(F)(F)C1(F)F.O=S(=O)([O-])C(F)(F)F. The Kier molecular flexibility index (Phi) is 11.2. The zero-order chi connectivity index (χ0) is 37.9. The molecule has 1 aliphatic carbocycles. The fourth-order valence-electron chi connectivity index (χ4n) is 3.42. The molecule has 1 aliphatic rings. The molecule has 1 atom stereocenters. The third-order valence-corrected chi connectivity index (χ3v) is 14.4. The van der Waals surface area contributed by atoms with Crippen molar-refractivity contribution in [2.75, 3.05) is 0 Å². The van der Waals surface area contributed by atoms with Gasteiger partial charge in [-0.25, -0.2) is 8.42 Å². The van der Waals surface area contributed by atoms with Gasteiger partial charge in [0.05, 0.1) is 0 Å². The third kappa shape index (κ3) is 6.37. The average molecular weight is 882 g/mol. The van der Waals surface area contributed by atoms with Gasteiger partial charge in [0.15, 0.2) is 10.1 Å². The van der Waals surface area contributed by atoms with Gasteiger partial charge in [-0.05, 0) is 0 Å². The van der Waals surface area contributed by atoms with E-state index in [9.17, 15) is 99.2 Å². The number of rotatable bonds is 10. The smallest absolute Gasteiger partial charge is 0.485 e. The molecular formula is C17H15F24IO3S. The number of unbranched alkanes of at least 4 members (excludes halogenated alkanes) is 4. The van der Waals surface area contributed by atoms with E-state index in [1.54, 1.807) is 0 Å². The fourth-order valence-corrected chi connectivity index (χ4v) is 9.48. The zero-order valence-electron chi connectivity index (χ0n) is 21.1. The van der Waals surface area contributed by atoms with E-state index < -0.39 is 128 Å². The number of halogens is 25. The maximum atomic E-state index is 14.5. The predicted octanol–water partition coefficient (Wildman–Crippen LogP) is 6.89. The second kappa shape index (κ2) is 11.5. The van der Waals surface area contributed by atoms with Crippen LogP contribution in [0.2, 0.25) is 0 Å². The van der Waals surface area contributed by atoms with Crippen molar-refractivity contribution in [3.05, 3.63) is 0 Å². The average Bonchev–Trinajstić information content (AvgIpc) is 2.78. The molecule has 0 saturated heterocycles. The Bertz CT molecular complexity index is 1170. The van der Waals surface area contributed by atoms with E-state index in [-0.39, 0.29) is 0 Å². The summed E-state index contributed by atoms with van der Waals surface area (Å²) in [5, 5.41) is 0. The van der Waals surface area contributed by atoms with Gasteiger partial charge in [-0.15, -0.1) is 0 Å². The summed E-state index contributed by atoms with van der Waals surface area (Å²) < 4.78 is 325. The fraction of sp³-hybridized carbons (Fsp3) is 1.00. The third-order valence-electron chi connectivity index (χ3n) is 5.95. The number of hydrogen-bond donors (Lipinski definition) is 0. The molecule has 1 rings (SSSR count). The Balaban J connectivity index is 0.00000222. The van der Waals surface area contributed by atoms with Gasteiger partial charge in [0.2, 0.25) is 0 Å². The maximum Gasteiger partial charge on any atom is 0.485 e. The molecule has 0 aliphatic heterocycles. The normalized spacial score (nSPS) is 24.5. The van der Waals surface area contributed by atoms with Crippen molar-refractivity contribution < 1.29 is 130 Å². The van der Waals surface area contributed by atoms with Gasteiger partial charge in [0.1, 0.15) is 0 Å². The monoisotopic (exact) mass is 882 g/mol. The number of alkyl halides is 22. The molecule has 3 nitrogen and oxygen atoms in total. The summed E-state index contributed by atoms with van der Waals surface area (Å²) in [5.41, 5.74) is -5.65. The van der Waals surface area contributed by atoms with E-state index in [1.165, 1.54) is 0 Å². The summed E-state index contributed by atoms with van der Waals surface area (Å²) >= 11 is -15.2. The van der Waals surface area contributed by atoms with Crippen molar-refractivity contribution in [2.45, 2.75) is 100 Å². The summed E-state index contributed by atoms with van der Waals surface area (Å²) in [6.45, 7) is 0. The minimum Gasteiger partial charge on any atom is -0.741 e. The molecule has 0 heterocycles. The minimum atomic E-state index is -15.2. The summed E-state index contributed by atoms with van der Waals surface area (Å²) in [5.74, 6) is -43.5. The molecular weight excluding hydrogens is 867 g/mol. The van der Waals surface area contributed by atoms with Gasteiger partial charge < -0.3 is 4.55 Å². The molecule has 0 radical (unpaired) electrons. The van der Waals surface area contributed by atoms with Crippen LogP contribution < -0.4 is 18.0 Å². The molecule has 1 fully saturated rings. The first-order valence-corrected chi connectivity index (χ1v) is 17.8. The Morgan fingerprint density at radius 2 is 0.848 bits per heavy atom. The summed E-state index contributed by atoms with van der Waals surface area (Å²) in [6, 6.07) is 0. The molecule has 0 bridgehead atoms. The Morgan fingerprint density at radius 3 is 1.15 bits per heavy atom. The summed E-state index contributed by atoms with van der Waals surface area (Å²) in [7, 11) is -6.09. The second-order valence-electron chi connectivity index (χ2n) is 9.27. The van der Waals surface area contributed by atoms with E-state index in [4.69, 9.17) is 13.0 Å². The van der Waals surface area contributed by atoms with Gasteiger partial charge in [0, 0.05) is 0 Å². The minimum absolute atomic E-state index is 0.417. The summed E-state index contributed by atoms with van der Waals surface area (Å²) in [6.07, 6.45) is -17.5. The van der Waals surface area contributed by atoms with Gasteiger partial charge in [-0.1, -0.05) is 0 Å². The first-order valence-electron chi connectivity index (χ1n) is 11.0. The van der Waals surface area contributed by atoms with Gasteiger partial charge in [-0.3, -0.25) is 0 Å². The molecule has 1 unspecified atom stereocenters. The molecule has 1 saturated carbocycles. The van der Waals surface area contributed by atoms with Crippen molar-refractivity contribution in [1.82, 2.24) is 0 Å². The van der Waals surface area contributed by atoms with Crippen LogP contribution in [0.15, 0.2) is 0 Å². The molecule has 0 aromatic heterocycles. The second-order valence-corrected chi connectivity index (χ2v) is 19.2. The van der Waals surface area contributed by atoms with Crippen LogP contribution in [0.3, 0.4) is 0 Å². The number of hydrogen-bond acceptors (Lipinski definition) is 3. The molecule has 0 amide bonds. The molecule has 282 valence electrons. The van der Waals surface area contributed by atoms with Crippen LogP contribution in [0.4, 0.5) is 99.2 Å². The largest absolute Gasteiger partial charge is 0.741 e. The summed E-state index contributed by atoms with van der Waals surface area (Å²) in [4.78, 5) is 0. The van der Waals surface area contributed by atoms with Crippen LogP contribution in [-0.4, -0.2) is 68.0 Å². The Hall–Kier alpha value is -1.04. The van der Waals surface area contributed by atoms with E-state index in [1.807, 2.05) is 0 Å². The molecule has 46 heavy (non-hydrogen) atoms. The Morgan fingerprint density at radius 1 is 0.565 bits per heavy atom. The quantitative estimate of drug-likeness (QED) is 0.0601. The van der Waals surface area contributed by atoms with Crippen LogP contribution in [0, 0.1) is 0 Å². The van der Waals surface area contributed by atoms with Crippen molar-refractivity contribution in [3.63, 3.8) is 0 Å². The molecule has 29 heteroatoms. The maximum absolute atomic E-state index is 15.2. The van der Waals surface area contributed by atoms with E-state index in [2.05, 4.69) is 0 Å². The van der Waals surface area contributed by atoms with E-state index in [0.29, 0.717) is 0 Å². The van der Waals surface area contributed by atoms with Crippen LogP contribution in [0.1, 0.15) is 44.9 Å². The van der Waals surface area contributed by atoms with Crippen LogP contribution in [0.25, 0.3) is 0 Å². The van der Waals surface area contributed by atoms with Crippen molar-refractivity contribution in [1.29, 1.82) is 0 Å². The Labute approximate surface area is 240 Å². The molecule has 0 N–H and O–H groups in total. The van der Waals surface area contributed by atoms with Crippen molar-refractivity contribution in [3.8, 4) is 0 Å². The molecule has 0 aromatic rings. The van der Waals surface area contributed by atoms with E-state index >= 15 is 0 Å². The standard InChI is InChI=1S/C16H15F21I.CHF3O3S/c17-8(6-4-2-1-3-5-7-9(18,19)20)10(21,22)38(34,35,36,37)16(33)14(29,30)12(25,26)11(23,24)13(27,28)15(16,31)32;2-1(3,4)8(5,6)7/h8H,1-7H2;(H,5,6,7)/q+1;/p-1. The molecule has 0 aromatic carbocycles. The van der Waals surface area contributed by atoms with Crippen LogP contribution in [-0.2, 0) is 10.1 Å². The predicted molar refractivity (Wildman–Crippen MR) is 97.0 cm³/mol. The van der Waals surface area contributed by atoms with Crippen molar-refractivity contribution >= 4 is 10.1 Å². The van der Waals surface area contributed by atoms with Crippen LogP contribution >= 0.6 is 0 Å². The zero-order valence-corrected chi connectivity index (χ0v) is 24.1. The first-order chi connectivity index (χ1) is 19.4. The van der Waals surface area contributed by atoms with Gasteiger partial charge in [0.25, 0.3) is 0 Å². The van der Waals surface area contributed by atoms with Gasteiger partial charge >= 0.3 is 204 Å². The topological polar surface area (TPSA) is 57.2 Å².